The molecule has 0 spiro atoms. The summed E-state index contributed by atoms with van der Waals surface area (Å²) in [7, 11) is 1.58. The van der Waals surface area contributed by atoms with Gasteiger partial charge in [0.15, 0.2) is 0 Å². The van der Waals surface area contributed by atoms with E-state index in [1.165, 1.54) is 12.3 Å². The van der Waals surface area contributed by atoms with Crippen LogP contribution in [0.15, 0.2) is 36.5 Å². The molecule has 0 radical (unpaired) electrons. The number of H-pyrrole nitrogens is 1. The maximum atomic E-state index is 12.2. The molecule has 0 aliphatic carbocycles. The van der Waals surface area contributed by atoms with Crippen LogP contribution in [-0.4, -0.2) is 29.7 Å². The number of hydrogen-bond donors (Lipinski definition) is 3. The van der Waals surface area contributed by atoms with Crippen molar-refractivity contribution >= 4 is 5.91 Å². The number of benzene rings is 1. The number of amides is 1. The van der Waals surface area contributed by atoms with Crippen LogP contribution in [-0.2, 0) is 0 Å². The van der Waals surface area contributed by atoms with Gasteiger partial charge in [-0.3, -0.25) is 4.79 Å². The molecule has 6 heteroatoms. The Morgan fingerprint density at radius 2 is 2.18 bits per heavy atom. The second-order valence-electron chi connectivity index (χ2n) is 4.73. The van der Waals surface area contributed by atoms with Gasteiger partial charge in [-0.15, -0.1) is 0 Å². The highest BCUT2D eigenvalue weighted by molar-refractivity contribution is 5.94. The van der Waals surface area contributed by atoms with E-state index in [2.05, 4.69) is 10.3 Å². The molecule has 0 fully saturated rings. The molecule has 2 aromatic rings. The van der Waals surface area contributed by atoms with Crippen LogP contribution in [0.5, 0.6) is 5.75 Å². The largest absolute Gasteiger partial charge is 0.497 e. The first-order valence-corrected chi connectivity index (χ1v) is 6.82. The highest BCUT2D eigenvalue weighted by atomic mass is 16.5. The third-order valence-electron chi connectivity index (χ3n) is 3.31. The SMILES string of the molecule is COc1ccc(C(CCO)NC(=O)c2c[nH]c(C#N)c2)cc1. The van der Waals surface area contributed by atoms with E-state index in [1.54, 1.807) is 19.2 Å². The maximum Gasteiger partial charge on any atom is 0.253 e. The summed E-state index contributed by atoms with van der Waals surface area (Å²) in [5.74, 6) is 0.425. The Labute approximate surface area is 128 Å². The molecule has 0 saturated heterocycles. The van der Waals surface area contributed by atoms with Gasteiger partial charge in [0.2, 0.25) is 0 Å². The minimum absolute atomic E-state index is 0.0481. The first kappa shape index (κ1) is 15.6. The number of nitrogens with one attached hydrogen (secondary N) is 2. The van der Waals surface area contributed by atoms with E-state index in [0.29, 0.717) is 17.7 Å². The fraction of sp³-hybridized carbons (Fsp3) is 0.250. The number of ether oxygens (including phenoxy) is 1. The number of nitriles is 1. The van der Waals surface area contributed by atoms with Crippen LogP contribution in [0.2, 0.25) is 0 Å². The van der Waals surface area contributed by atoms with E-state index in [0.717, 1.165) is 11.3 Å². The number of methoxy groups -OCH3 is 1. The molecule has 1 aromatic carbocycles. The van der Waals surface area contributed by atoms with Crippen LogP contribution < -0.4 is 10.1 Å². The predicted octanol–water partition coefficient (Wildman–Crippen LogP) is 1.75. The van der Waals surface area contributed by atoms with Crippen molar-refractivity contribution in [3.8, 4) is 11.8 Å². The zero-order valence-corrected chi connectivity index (χ0v) is 12.2. The lowest BCUT2D eigenvalue weighted by molar-refractivity contribution is 0.0930. The molecular formula is C16H17N3O3. The molecule has 2 rings (SSSR count). The van der Waals surface area contributed by atoms with Crippen molar-refractivity contribution in [3.05, 3.63) is 53.3 Å². The number of aliphatic hydroxyl groups is 1. The molecule has 0 aliphatic rings. The van der Waals surface area contributed by atoms with Crippen molar-refractivity contribution in [2.75, 3.05) is 13.7 Å². The molecular weight excluding hydrogens is 282 g/mol. The summed E-state index contributed by atoms with van der Waals surface area (Å²) in [6.07, 6.45) is 1.88. The maximum absolute atomic E-state index is 12.2. The van der Waals surface area contributed by atoms with Gasteiger partial charge in [-0.05, 0) is 30.2 Å². The van der Waals surface area contributed by atoms with E-state index in [9.17, 15) is 9.90 Å². The Hall–Kier alpha value is -2.78. The smallest absolute Gasteiger partial charge is 0.253 e. The first-order chi connectivity index (χ1) is 10.7. The topological polar surface area (TPSA) is 98.1 Å². The summed E-state index contributed by atoms with van der Waals surface area (Å²) < 4.78 is 5.10. The number of rotatable bonds is 6. The normalized spacial score (nSPS) is 11.5. The van der Waals surface area contributed by atoms with Gasteiger partial charge in [0, 0.05) is 12.8 Å². The van der Waals surface area contributed by atoms with Gasteiger partial charge in [-0.1, -0.05) is 12.1 Å². The third kappa shape index (κ3) is 3.65. The average molecular weight is 299 g/mol. The zero-order valence-electron chi connectivity index (χ0n) is 12.2. The van der Waals surface area contributed by atoms with Crippen LogP contribution >= 0.6 is 0 Å². The summed E-state index contributed by atoms with van der Waals surface area (Å²) in [5.41, 5.74) is 1.58. The molecule has 1 aromatic heterocycles. The number of aromatic amines is 1. The number of carbonyl (C=O) groups excluding carboxylic acids is 1. The fourth-order valence-electron chi connectivity index (χ4n) is 2.12. The number of nitrogens with zero attached hydrogens (tertiary/aromatic N) is 1. The van der Waals surface area contributed by atoms with Crippen LogP contribution in [0.25, 0.3) is 0 Å². The van der Waals surface area contributed by atoms with Crippen LogP contribution in [0.3, 0.4) is 0 Å². The van der Waals surface area contributed by atoms with E-state index in [-0.39, 0.29) is 18.6 Å². The van der Waals surface area contributed by atoms with Gasteiger partial charge in [0.25, 0.3) is 5.91 Å². The molecule has 0 bridgehead atoms. The monoisotopic (exact) mass is 299 g/mol. The predicted molar refractivity (Wildman–Crippen MR) is 80.4 cm³/mol. The summed E-state index contributed by atoms with van der Waals surface area (Å²) in [6.45, 7) is -0.0481. The number of carbonyl (C=O) groups is 1. The van der Waals surface area contributed by atoms with Gasteiger partial charge in [0.1, 0.15) is 17.5 Å². The molecule has 114 valence electrons. The molecule has 6 nitrogen and oxygen atoms in total. The number of aromatic nitrogens is 1. The Bertz CT molecular complexity index is 671. The lowest BCUT2D eigenvalue weighted by Crippen LogP contribution is -2.29. The van der Waals surface area contributed by atoms with Gasteiger partial charge in [0.05, 0.1) is 18.7 Å². The fourth-order valence-corrected chi connectivity index (χ4v) is 2.12. The number of aliphatic hydroxyl groups excluding tert-OH is 1. The summed E-state index contributed by atoms with van der Waals surface area (Å²) in [4.78, 5) is 14.9. The number of hydrogen-bond acceptors (Lipinski definition) is 4. The summed E-state index contributed by atoms with van der Waals surface area (Å²) >= 11 is 0. The van der Waals surface area contributed by atoms with E-state index in [1.807, 2.05) is 18.2 Å². The summed E-state index contributed by atoms with van der Waals surface area (Å²) in [5, 5.41) is 20.8. The van der Waals surface area contributed by atoms with Gasteiger partial charge < -0.3 is 20.1 Å². The standard InChI is InChI=1S/C16H17N3O3/c1-22-14-4-2-11(3-5-14)15(6-7-20)19-16(21)12-8-13(9-17)18-10-12/h2-5,8,10,15,18,20H,6-7H2,1H3,(H,19,21). The highest BCUT2D eigenvalue weighted by Crippen LogP contribution is 2.20. The molecule has 1 unspecified atom stereocenters. The van der Waals surface area contributed by atoms with Gasteiger partial charge in [-0.2, -0.15) is 5.26 Å². The van der Waals surface area contributed by atoms with Crippen molar-refractivity contribution in [1.82, 2.24) is 10.3 Å². The highest BCUT2D eigenvalue weighted by Gasteiger charge is 2.16. The minimum atomic E-state index is -0.316. The minimum Gasteiger partial charge on any atom is -0.497 e. The van der Waals surface area contributed by atoms with E-state index >= 15 is 0 Å². The van der Waals surface area contributed by atoms with Crippen LogP contribution in [0, 0.1) is 11.3 Å². The Morgan fingerprint density at radius 3 is 2.73 bits per heavy atom. The molecule has 3 N–H and O–H groups in total. The van der Waals surface area contributed by atoms with Crippen molar-refractivity contribution in [2.24, 2.45) is 0 Å². The zero-order chi connectivity index (χ0) is 15.9. The second kappa shape index (κ2) is 7.29. The molecule has 1 amide bonds. The molecule has 1 heterocycles. The lowest BCUT2D eigenvalue weighted by atomic mass is 10.0. The Balaban J connectivity index is 2.13. The third-order valence-corrected chi connectivity index (χ3v) is 3.31. The van der Waals surface area contributed by atoms with Gasteiger partial charge in [-0.25, -0.2) is 0 Å². The van der Waals surface area contributed by atoms with Crippen LogP contribution in [0.4, 0.5) is 0 Å². The van der Waals surface area contributed by atoms with E-state index in [4.69, 9.17) is 10.00 Å². The summed E-state index contributed by atoms with van der Waals surface area (Å²) in [6, 6.07) is 10.4. The van der Waals surface area contributed by atoms with Crippen molar-refractivity contribution in [3.63, 3.8) is 0 Å². The molecule has 1 atom stereocenters. The van der Waals surface area contributed by atoms with Crippen molar-refractivity contribution < 1.29 is 14.6 Å². The van der Waals surface area contributed by atoms with Crippen molar-refractivity contribution in [2.45, 2.75) is 12.5 Å². The second-order valence-corrected chi connectivity index (χ2v) is 4.73. The average Bonchev–Trinajstić information content (AvgIpc) is 3.04. The Morgan fingerprint density at radius 1 is 1.45 bits per heavy atom. The molecule has 0 aliphatic heterocycles. The quantitative estimate of drug-likeness (QED) is 0.756. The first-order valence-electron chi connectivity index (χ1n) is 6.82. The van der Waals surface area contributed by atoms with Crippen LogP contribution in [0.1, 0.15) is 34.1 Å². The molecule has 0 saturated carbocycles. The lowest BCUT2D eigenvalue weighted by Gasteiger charge is -2.18. The molecule has 22 heavy (non-hydrogen) atoms. The Kier molecular flexibility index (Phi) is 5.17. The van der Waals surface area contributed by atoms with E-state index < -0.39 is 0 Å². The van der Waals surface area contributed by atoms with Crippen molar-refractivity contribution in [1.29, 1.82) is 5.26 Å². The van der Waals surface area contributed by atoms with Gasteiger partial charge >= 0.3 is 0 Å².